The van der Waals surface area contributed by atoms with Gasteiger partial charge < -0.3 is 5.11 Å². The van der Waals surface area contributed by atoms with Gasteiger partial charge in [-0.2, -0.15) is 0 Å². The highest BCUT2D eigenvalue weighted by molar-refractivity contribution is 5.92. The quantitative estimate of drug-likeness (QED) is 0.595. The van der Waals surface area contributed by atoms with Crippen LogP contribution in [0, 0.1) is 0 Å². The average molecular weight is 381 g/mol. The Morgan fingerprint density at radius 1 is 0.931 bits per heavy atom. The van der Waals surface area contributed by atoms with Gasteiger partial charge in [-0.15, -0.1) is 0 Å². The second-order valence-corrected chi connectivity index (χ2v) is 7.99. The number of pyridine rings is 1. The molecule has 0 bridgehead atoms. The SMILES string of the molecule is O=C(O)c1ccc(C2=CCc3ncc(-c4ccccc4)cc32)cc1C1CCCC1. The van der Waals surface area contributed by atoms with E-state index in [0.29, 0.717) is 11.5 Å². The van der Waals surface area contributed by atoms with E-state index in [-0.39, 0.29) is 0 Å². The first-order chi connectivity index (χ1) is 14.2. The molecular weight excluding hydrogens is 358 g/mol. The summed E-state index contributed by atoms with van der Waals surface area (Å²) < 4.78 is 0. The molecule has 0 aliphatic heterocycles. The van der Waals surface area contributed by atoms with E-state index in [2.05, 4.69) is 30.3 Å². The van der Waals surface area contributed by atoms with Gasteiger partial charge in [0.15, 0.2) is 0 Å². The van der Waals surface area contributed by atoms with Gasteiger partial charge in [0.2, 0.25) is 0 Å². The van der Waals surface area contributed by atoms with Crippen molar-refractivity contribution >= 4 is 11.5 Å². The Morgan fingerprint density at radius 3 is 2.48 bits per heavy atom. The van der Waals surface area contributed by atoms with E-state index in [4.69, 9.17) is 4.98 Å². The molecule has 1 aromatic heterocycles. The lowest BCUT2D eigenvalue weighted by Gasteiger charge is -2.16. The molecule has 1 heterocycles. The molecule has 0 saturated heterocycles. The van der Waals surface area contributed by atoms with Crippen LogP contribution in [-0.4, -0.2) is 16.1 Å². The standard InChI is InChI=1S/C26H23NO2/c28-26(29)22-11-10-19(14-23(22)18-8-4-5-9-18)21-12-13-25-24(21)15-20(16-27-25)17-6-2-1-3-7-17/h1-3,6-7,10-12,14-16,18H,4-5,8-9,13H2,(H,28,29). The lowest BCUT2D eigenvalue weighted by molar-refractivity contribution is 0.0695. The Balaban J connectivity index is 1.57. The van der Waals surface area contributed by atoms with Crippen LogP contribution in [-0.2, 0) is 6.42 Å². The predicted octanol–water partition coefficient (Wildman–Crippen LogP) is 6.09. The molecule has 2 aromatic carbocycles. The number of nitrogens with zero attached hydrogens (tertiary/aromatic N) is 1. The average Bonchev–Trinajstić information content (AvgIpc) is 3.43. The number of aromatic carboxylic acids is 1. The number of fused-ring (bicyclic) bond motifs is 1. The largest absolute Gasteiger partial charge is 0.478 e. The van der Waals surface area contributed by atoms with Crippen molar-refractivity contribution in [3.63, 3.8) is 0 Å². The normalized spacial score (nSPS) is 15.9. The number of rotatable bonds is 4. The second kappa shape index (κ2) is 7.32. The lowest BCUT2D eigenvalue weighted by Crippen LogP contribution is -2.06. The number of hydrogen-bond donors (Lipinski definition) is 1. The summed E-state index contributed by atoms with van der Waals surface area (Å²) in [6.07, 6.45) is 9.52. The maximum atomic E-state index is 11.8. The van der Waals surface area contributed by atoms with Crippen LogP contribution in [0.5, 0.6) is 0 Å². The van der Waals surface area contributed by atoms with Crippen LogP contribution in [0.1, 0.15) is 64.3 Å². The molecular formula is C26H23NO2. The van der Waals surface area contributed by atoms with Crippen LogP contribution in [0.25, 0.3) is 16.7 Å². The van der Waals surface area contributed by atoms with Crippen LogP contribution >= 0.6 is 0 Å². The third-order valence-corrected chi connectivity index (χ3v) is 6.26. The van der Waals surface area contributed by atoms with E-state index >= 15 is 0 Å². The summed E-state index contributed by atoms with van der Waals surface area (Å²) >= 11 is 0. The van der Waals surface area contributed by atoms with Gasteiger partial charge in [0, 0.05) is 23.7 Å². The summed E-state index contributed by atoms with van der Waals surface area (Å²) in [5.41, 5.74) is 8.22. The van der Waals surface area contributed by atoms with E-state index in [1.807, 2.05) is 30.5 Å². The number of carbonyl (C=O) groups is 1. The molecule has 1 saturated carbocycles. The molecule has 1 fully saturated rings. The number of hydrogen-bond acceptors (Lipinski definition) is 2. The molecule has 0 atom stereocenters. The van der Waals surface area contributed by atoms with Gasteiger partial charge >= 0.3 is 5.97 Å². The van der Waals surface area contributed by atoms with E-state index in [1.165, 1.54) is 18.4 Å². The van der Waals surface area contributed by atoms with Crippen LogP contribution in [0.4, 0.5) is 0 Å². The smallest absolute Gasteiger partial charge is 0.335 e. The maximum absolute atomic E-state index is 11.8. The molecule has 3 heteroatoms. The van der Waals surface area contributed by atoms with Crippen molar-refractivity contribution in [3.05, 3.63) is 94.8 Å². The zero-order valence-electron chi connectivity index (χ0n) is 16.3. The molecule has 0 unspecified atom stereocenters. The fourth-order valence-electron chi connectivity index (χ4n) is 4.76. The Kier molecular flexibility index (Phi) is 4.51. The van der Waals surface area contributed by atoms with Gasteiger partial charge in [0.1, 0.15) is 0 Å². The highest BCUT2D eigenvalue weighted by Crippen LogP contribution is 2.39. The van der Waals surface area contributed by atoms with E-state index < -0.39 is 5.97 Å². The molecule has 3 aromatic rings. The third kappa shape index (κ3) is 3.27. The first-order valence-electron chi connectivity index (χ1n) is 10.3. The van der Waals surface area contributed by atoms with Gasteiger partial charge in [-0.3, -0.25) is 4.98 Å². The molecule has 0 amide bonds. The zero-order chi connectivity index (χ0) is 19.8. The van der Waals surface area contributed by atoms with Gasteiger partial charge in [-0.1, -0.05) is 61.4 Å². The van der Waals surface area contributed by atoms with Crippen LogP contribution in [0.2, 0.25) is 0 Å². The van der Waals surface area contributed by atoms with Crippen LogP contribution < -0.4 is 0 Å². The van der Waals surface area contributed by atoms with Gasteiger partial charge in [0.25, 0.3) is 0 Å². The fraction of sp³-hybridized carbons (Fsp3) is 0.231. The van der Waals surface area contributed by atoms with Crippen molar-refractivity contribution in [2.24, 2.45) is 0 Å². The minimum atomic E-state index is -0.827. The van der Waals surface area contributed by atoms with Crippen molar-refractivity contribution in [2.75, 3.05) is 0 Å². The monoisotopic (exact) mass is 381 g/mol. The first kappa shape index (κ1) is 17.9. The topological polar surface area (TPSA) is 50.2 Å². The van der Waals surface area contributed by atoms with Crippen molar-refractivity contribution in [3.8, 4) is 11.1 Å². The Hall–Kier alpha value is -3.20. The zero-order valence-corrected chi connectivity index (χ0v) is 16.3. The molecule has 29 heavy (non-hydrogen) atoms. The summed E-state index contributed by atoms with van der Waals surface area (Å²) in [6, 6.07) is 18.4. The predicted molar refractivity (Wildman–Crippen MR) is 115 cm³/mol. The number of benzene rings is 2. The van der Waals surface area contributed by atoms with Gasteiger partial charge in [-0.25, -0.2) is 4.79 Å². The van der Waals surface area contributed by atoms with Crippen molar-refractivity contribution < 1.29 is 9.90 Å². The van der Waals surface area contributed by atoms with Crippen LogP contribution in [0.3, 0.4) is 0 Å². The summed E-state index contributed by atoms with van der Waals surface area (Å²) in [6.45, 7) is 0. The molecule has 5 rings (SSSR count). The Bertz CT molecular complexity index is 1110. The summed E-state index contributed by atoms with van der Waals surface area (Å²) in [4.78, 5) is 16.5. The lowest BCUT2D eigenvalue weighted by atomic mass is 9.88. The maximum Gasteiger partial charge on any atom is 0.335 e. The molecule has 144 valence electrons. The highest BCUT2D eigenvalue weighted by atomic mass is 16.4. The number of carboxylic acids is 1. The molecule has 3 nitrogen and oxygen atoms in total. The van der Waals surface area contributed by atoms with Crippen molar-refractivity contribution in [1.82, 2.24) is 4.98 Å². The first-order valence-corrected chi connectivity index (χ1v) is 10.3. The minimum absolute atomic E-state index is 0.358. The minimum Gasteiger partial charge on any atom is -0.478 e. The van der Waals surface area contributed by atoms with Gasteiger partial charge in [0.05, 0.1) is 11.3 Å². The molecule has 1 N–H and O–H groups in total. The van der Waals surface area contributed by atoms with Crippen molar-refractivity contribution in [1.29, 1.82) is 0 Å². The molecule has 0 radical (unpaired) electrons. The Morgan fingerprint density at radius 2 is 1.72 bits per heavy atom. The fourth-order valence-corrected chi connectivity index (χ4v) is 4.76. The number of carboxylic acid groups (broad SMARTS) is 1. The number of allylic oxidation sites excluding steroid dienone is 1. The number of aromatic nitrogens is 1. The second-order valence-electron chi connectivity index (χ2n) is 7.99. The van der Waals surface area contributed by atoms with Crippen LogP contribution in [0.15, 0.2) is 66.9 Å². The van der Waals surface area contributed by atoms with E-state index in [0.717, 1.165) is 52.8 Å². The Labute approximate surface area is 170 Å². The molecule has 2 aliphatic rings. The van der Waals surface area contributed by atoms with E-state index in [9.17, 15) is 9.90 Å². The summed E-state index contributed by atoms with van der Waals surface area (Å²) in [7, 11) is 0. The third-order valence-electron chi connectivity index (χ3n) is 6.26. The van der Waals surface area contributed by atoms with Gasteiger partial charge in [-0.05, 0) is 53.2 Å². The summed E-state index contributed by atoms with van der Waals surface area (Å²) in [5, 5.41) is 9.68. The van der Waals surface area contributed by atoms with Crippen molar-refractivity contribution in [2.45, 2.75) is 38.0 Å². The highest BCUT2D eigenvalue weighted by Gasteiger charge is 2.25. The molecule has 2 aliphatic carbocycles. The summed E-state index contributed by atoms with van der Waals surface area (Å²) in [5.74, 6) is -0.469. The van der Waals surface area contributed by atoms with E-state index in [1.54, 1.807) is 6.07 Å². The molecule has 0 spiro atoms.